The number of hydrogen-bond acceptors (Lipinski definition) is 0. The number of benzene rings is 5. The Hall–Kier alpha value is -1.68. The standard InChI is InChI=1S/C13H9.2C9H7.C6H5N.C5H5.C2H6Ge.4ClH.Hf.Zr/c1-3-7-12-10(5-1)9-11-6-2-4-8-13(11)12;2*1-2-5-9-7-3-6-8(9)4-1;7-6-4-2-1-3-5-6;1-2-4-5-3-1;1-3-2;;;;;;/h1-9H;2*1-7H;1-5H;1-3H,4H2;1-2H3;4*1H;;/q;;;;;;;;;;2*+2/p-4. The van der Waals surface area contributed by atoms with Crippen LogP contribution in [0.4, 0.5) is 5.69 Å². The molecule has 0 N–H and O–H groups in total. The molecule has 0 aliphatic heterocycles. The molecule has 0 saturated carbocycles. The van der Waals surface area contributed by atoms with Gasteiger partial charge in [0.15, 0.2) is 0 Å². The van der Waals surface area contributed by atoms with Crippen LogP contribution in [0.2, 0.25) is 11.5 Å². The maximum Gasteiger partial charge on any atom is 0.0857 e. The molecule has 2 radical (unpaired) electrons. The van der Waals surface area contributed by atoms with Crippen LogP contribution in [0.5, 0.6) is 0 Å². The molecular weight excluding hydrogens is 1030 g/mol. The molecule has 9 rings (SSSR count). The Morgan fingerprint density at radius 1 is 0.577 bits per heavy atom. The molecule has 0 amide bonds. The summed E-state index contributed by atoms with van der Waals surface area (Å²) in [5, 5.41) is 0. The van der Waals surface area contributed by atoms with Crippen molar-refractivity contribution in [3.05, 3.63) is 194 Å². The monoisotopic (exact) mass is 1060 g/mol. The number of halogens is 4. The third kappa shape index (κ3) is 10.1. The van der Waals surface area contributed by atoms with Crippen LogP contribution in [0, 0.1) is 0 Å². The van der Waals surface area contributed by atoms with Gasteiger partial charge < -0.3 is 49.6 Å². The van der Waals surface area contributed by atoms with Gasteiger partial charge in [0.1, 0.15) is 0 Å². The number of allylic oxidation sites excluding steroid dienone is 6. The van der Waals surface area contributed by atoms with Crippen LogP contribution in [0.15, 0.2) is 161 Å². The smallest absolute Gasteiger partial charge is 0.0857 e. The van der Waals surface area contributed by atoms with E-state index >= 15 is 0 Å². The van der Waals surface area contributed by atoms with Crippen molar-refractivity contribution < 1.29 is 91.2 Å². The van der Waals surface area contributed by atoms with Gasteiger partial charge in [0.05, 0.1) is 5.69 Å². The number of rotatable bonds is 4. The number of hydrogen-bond donors (Lipinski definition) is 0. The van der Waals surface area contributed by atoms with Gasteiger partial charge in [-0.1, -0.05) is 18.2 Å². The van der Waals surface area contributed by atoms with E-state index in [1.165, 1.54) is 28.7 Å². The van der Waals surface area contributed by atoms with Gasteiger partial charge in [-0.15, -0.1) is 0 Å². The largest absolute Gasteiger partial charge is 1.00 e. The molecule has 5 aromatic rings. The summed E-state index contributed by atoms with van der Waals surface area (Å²) in [7, 11) is -0.889. The zero-order valence-corrected chi connectivity index (χ0v) is 40.2. The van der Waals surface area contributed by atoms with E-state index in [4.69, 9.17) is 5.73 Å². The molecule has 0 aromatic heterocycles. The molecule has 0 spiro atoms. The molecule has 2 unspecified atom stereocenters. The van der Waals surface area contributed by atoms with Crippen molar-refractivity contribution in [2.45, 2.75) is 28.9 Å². The van der Waals surface area contributed by atoms with Crippen LogP contribution in [-0.2, 0) is 41.6 Å². The van der Waals surface area contributed by atoms with Gasteiger partial charge in [-0.05, 0) is 12.1 Å². The van der Waals surface area contributed by atoms with Crippen LogP contribution < -0.4 is 55.4 Å². The molecule has 0 saturated heterocycles. The fourth-order valence-electron chi connectivity index (χ4n) is 7.34. The normalized spacial score (nSPS) is 15.6. The third-order valence-corrected chi connectivity index (χ3v) is 56.7. The second-order valence-corrected chi connectivity index (χ2v) is 57.0. The van der Waals surface area contributed by atoms with E-state index in [1.807, 2.05) is 6.07 Å². The van der Waals surface area contributed by atoms with E-state index in [0.29, 0.717) is 9.31 Å². The molecule has 4 aliphatic rings. The molecular formula is C44H39Cl4GeHfNZr. The average molecular weight is 1070 g/mol. The quantitative estimate of drug-likeness (QED) is 0.217. The zero-order valence-electron chi connectivity index (χ0n) is 29.1. The number of fused-ring (bicyclic) bond motifs is 5. The Balaban J connectivity index is 0.000000223. The van der Waals surface area contributed by atoms with Crippen molar-refractivity contribution in [1.29, 1.82) is 0 Å². The maximum atomic E-state index is 8.63. The van der Waals surface area contributed by atoms with Crippen molar-refractivity contribution in [2.75, 3.05) is 0 Å². The van der Waals surface area contributed by atoms with Gasteiger partial charge in [-0.25, -0.2) is 0 Å². The minimum absolute atomic E-state index is 0. The SMILES string of the molecule is C1=CC[C]([Zr+2][CH]2c3ccccc3-c3ccccc32)=C1.[CH3][Ge]([CH3])=[Hf+2]([CH]1C=Cc2ccccc21)[CH]1C=Cc2ccccc21.[Cl-].[Cl-].[Cl-].[Cl-].[N]c1ccccc1. The zero-order chi connectivity index (χ0) is 32.9. The molecule has 8 heteroatoms. The first-order valence-corrected chi connectivity index (χ1v) is 38.2. The van der Waals surface area contributed by atoms with Crippen molar-refractivity contribution in [3.8, 4) is 11.1 Å². The first-order chi connectivity index (χ1) is 23.6. The Labute approximate surface area is 355 Å². The molecule has 1 nitrogen and oxygen atoms in total. The van der Waals surface area contributed by atoms with Crippen LogP contribution in [0.3, 0.4) is 0 Å². The van der Waals surface area contributed by atoms with Crippen LogP contribution in [0.25, 0.3) is 23.3 Å². The summed E-state index contributed by atoms with van der Waals surface area (Å²) in [6.07, 6.45) is 18.0. The molecule has 0 bridgehead atoms. The summed E-state index contributed by atoms with van der Waals surface area (Å²) in [4.78, 5) is 0. The Kier molecular flexibility index (Phi) is 18.4. The van der Waals surface area contributed by atoms with Crippen molar-refractivity contribution in [2.24, 2.45) is 0 Å². The summed E-state index contributed by atoms with van der Waals surface area (Å²) in [5.41, 5.74) is 21.3. The summed E-state index contributed by atoms with van der Waals surface area (Å²) >= 11 is -2.35. The number of nitrogens with zero attached hydrogens (tertiary/aromatic N) is 1. The van der Waals surface area contributed by atoms with Crippen LogP contribution in [-0.4, -0.2) is 10.1 Å². The average Bonchev–Trinajstić information content (AvgIpc) is 3.94. The fourth-order valence-corrected chi connectivity index (χ4v) is 53.6. The minimum atomic E-state index is -1.78. The van der Waals surface area contributed by atoms with Crippen molar-refractivity contribution >= 4 is 27.9 Å². The molecule has 260 valence electrons. The van der Waals surface area contributed by atoms with Crippen molar-refractivity contribution in [3.63, 3.8) is 0 Å². The predicted octanol–water partition coefficient (Wildman–Crippen LogP) is -0.523. The summed E-state index contributed by atoms with van der Waals surface area (Å²) < 4.78 is 4.06. The van der Waals surface area contributed by atoms with E-state index in [-0.39, 0.29) is 49.6 Å². The van der Waals surface area contributed by atoms with Crippen molar-refractivity contribution in [1.82, 2.24) is 5.73 Å². The Bertz CT molecular complexity index is 2000. The van der Waals surface area contributed by atoms with Gasteiger partial charge in [-0.2, -0.15) is 5.73 Å². The van der Waals surface area contributed by atoms with E-state index in [9.17, 15) is 0 Å². The Morgan fingerprint density at radius 2 is 1.02 bits per heavy atom. The van der Waals surface area contributed by atoms with Crippen LogP contribution >= 0.6 is 0 Å². The van der Waals surface area contributed by atoms with Gasteiger partial charge in [0.25, 0.3) is 0 Å². The molecule has 0 heterocycles. The predicted molar refractivity (Wildman–Crippen MR) is 198 cm³/mol. The van der Waals surface area contributed by atoms with Gasteiger partial charge in [-0.3, -0.25) is 0 Å². The first kappa shape index (κ1) is 44.7. The maximum absolute atomic E-state index is 8.63. The van der Waals surface area contributed by atoms with E-state index < -0.39 is 51.6 Å². The molecule has 0 fully saturated rings. The summed E-state index contributed by atoms with van der Waals surface area (Å²) in [6, 6.07) is 44.8. The third-order valence-electron chi connectivity index (χ3n) is 9.54. The van der Waals surface area contributed by atoms with E-state index in [1.54, 1.807) is 49.8 Å². The topological polar surface area (TPSA) is 22.3 Å². The molecule has 52 heavy (non-hydrogen) atoms. The fraction of sp³-hybridized carbons (Fsp3) is 0.136. The summed E-state index contributed by atoms with van der Waals surface area (Å²) in [5.74, 6) is 5.26. The van der Waals surface area contributed by atoms with E-state index in [0.717, 1.165) is 7.35 Å². The van der Waals surface area contributed by atoms with Gasteiger partial charge in [0.2, 0.25) is 0 Å². The molecule has 2 atom stereocenters. The molecule has 5 aromatic carbocycles. The second-order valence-electron chi connectivity index (χ2n) is 12.8. The summed E-state index contributed by atoms with van der Waals surface area (Å²) in [6.45, 7) is 0. The molecule has 4 aliphatic carbocycles. The first-order valence-electron chi connectivity index (χ1n) is 16.8. The second kappa shape index (κ2) is 21.4. The minimum Gasteiger partial charge on any atom is -1.00 e. The Morgan fingerprint density at radius 3 is 1.44 bits per heavy atom. The van der Waals surface area contributed by atoms with E-state index in [2.05, 4.69) is 151 Å². The van der Waals surface area contributed by atoms with Crippen LogP contribution in [0.1, 0.15) is 50.8 Å². The van der Waals surface area contributed by atoms with Gasteiger partial charge >= 0.3 is 268 Å². The van der Waals surface area contributed by atoms with Gasteiger partial charge in [0, 0.05) is 0 Å².